The number of nitrogens with zero attached hydrogens (tertiary/aromatic N) is 1. The average Bonchev–Trinajstić information content (AvgIpc) is 3.09. The molecule has 6 nitrogen and oxygen atoms in total. The number of nitrogens with one attached hydrogen (secondary N) is 2. The first-order valence-electron chi connectivity index (χ1n) is 9.10. The van der Waals surface area contributed by atoms with Crippen LogP contribution in [-0.4, -0.2) is 33.0 Å². The summed E-state index contributed by atoms with van der Waals surface area (Å²) in [5.41, 5.74) is 2.57. The van der Waals surface area contributed by atoms with Crippen LogP contribution in [0.3, 0.4) is 0 Å². The van der Waals surface area contributed by atoms with E-state index in [9.17, 15) is 14.7 Å². The number of H-pyrrole nitrogens is 1. The molecule has 0 radical (unpaired) electrons. The lowest BCUT2D eigenvalue weighted by atomic mass is 10.0. The number of amides is 1. The van der Waals surface area contributed by atoms with E-state index in [2.05, 4.69) is 31.2 Å². The number of aromatic amines is 1. The number of benzene rings is 2. The van der Waals surface area contributed by atoms with Crippen LogP contribution in [-0.2, 0) is 22.4 Å². The maximum atomic E-state index is 12.6. The molecule has 1 amide bonds. The predicted octanol–water partition coefficient (Wildman–Crippen LogP) is 3.83. The smallest absolute Gasteiger partial charge is 0.326 e. The normalized spacial score (nSPS) is 12.2. The summed E-state index contributed by atoms with van der Waals surface area (Å²) in [5, 5.41) is 15.1. The van der Waals surface area contributed by atoms with Gasteiger partial charge < -0.3 is 15.4 Å². The fraction of sp³-hybridized carbons (Fsp3) is 0.136. The second-order valence-corrected chi connectivity index (χ2v) is 7.77. The monoisotopic (exact) mass is 451 g/mol. The van der Waals surface area contributed by atoms with Crippen molar-refractivity contribution < 1.29 is 14.7 Å². The number of pyridine rings is 1. The zero-order valence-corrected chi connectivity index (χ0v) is 16.9. The molecule has 1 unspecified atom stereocenters. The molecule has 7 heteroatoms. The Morgan fingerprint density at radius 1 is 1.14 bits per heavy atom. The Balaban J connectivity index is 1.52. The highest BCUT2D eigenvalue weighted by Gasteiger charge is 2.22. The van der Waals surface area contributed by atoms with Gasteiger partial charge in [0.15, 0.2) is 0 Å². The second kappa shape index (κ2) is 8.05. The number of rotatable bonds is 6. The third kappa shape index (κ3) is 4.14. The van der Waals surface area contributed by atoms with E-state index in [1.54, 1.807) is 18.6 Å². The first-order chi connectivity index (χ1) is 14.0. The number of aromatic nitrogens is 2. The van der Waals surface area contributed by atoms with E-state index in [-0.39, 0.29) is 18.7 Å². The summed E-state index contributed by atoms with van der Waals surface area (Å²) in [6.07, 6.45) is 5.49. The van der Waals surface area contributed by atoms with Gasteiger partial charge in [-0.3, -0.25) is 9.78 Å². The molecule has 2 aromatic heterocycles. The Morgan fingerprint density at radius 3 is 2.83 bits per heavy atom. The minimum absolute atomic E-state index is 0.0895. The number of halogens is 1. The molecular weight excluding hydrogens is 434 g/mol. The van der Waals surface area contributed by atoms with Crippen LogP contribution >= 0.6 is 15.9 Å². The lowest BCUT2D eigenvalue weighted by Crippen LogP contribution is -2.43. The van der Waals surface area contributed by atoms with E-state index in [0.29, 0.717) is 0 Å². The van der Waals surface area contributed by atoms with Crippen LogP contribution in [0.2, 0.25) is 0 Å². The van der Waals surface area contributed by atoms with Gasteiger partial charge in [0.25, 0.3) is 0 Å². The molecule has 4 rings (SSSR count). The van der Waals surface area contributed by atoms with Crippen LogP contribution in [0.4, 0.5) is 0 Å². The summed E-state index contributed by atoms with van der Waals surface area (Å²) in [4.78, 5) is 31.7. The van der Waals surface area contributed by atoms with Crippen LogP contribution < -0.4 is 5.32 Å². The Kier molecular flexibility index (Phi) is 5.31. The highest BCUT2D eigenvalue weighted by molar-refractivity contribution is 9.10. The van der Waals surface area contributed by atoms with Crippen molar-refractivity contribution in [2.24, 2.45) is 0 Å². The molecule has 146 valence electrons. The summed E-state index contributed by atoms with van der Waals surface area (Å²) in [6.45, 7) is 0. The molecule has 0 saturated carbocycles. The third-order valence-corrected chi connectivity index (χ3v) is 5.41. The number of carboxylic acids is 1. The highest BCUT2D eigenvalue weighted by Crippen LogP contribution is 2.24. The molecule has 0 bridgehead atoms. The van der Waals surface area contributed by atoms with Gasteiger partial charge in [-0.05, 0) is 40.8 Å². The Labute approximate surface area is 175 Å². The van der Waals surface area contributed by atoms with Gasteiger partial charge in [0.05, 0.1) is 6.42 Å². The van der Waals surface area contributed by atoms with E-state index in [4.69, 9.17) is 0 Å². The summed E-state index contributed by atoms with van der Waals surface area (Å²) in [7, 11) is 0. The number of carboxylic acid groups (broad SMARTS) is 1. The number of fused-ring (bicyclic) bond motifs is 2. The summed E-state index contributed by atoms with van der Waals surface area (Å²) in [5.74, 6) is -1.41. The fourth-order valence-corrected chi connectivity index (χ4v) is 3.85. The van der Waals surface area contributed by atoms with E-state index in [1.165, 1.54) is 0 Å². The highest BCUT2D eigenvalue weighted by atomic mass is 79.9. The summed E-state index contributed by atoms with van der Waals surface area (Å²) in [6, 6.07) is 12.3. The second-order valence-electron chi connectivity index (χ2n) is 6.86. The Morgan fingerprint density at radius 2 is 2.00 bits per heavy atom. The van der Waals surface area contributed by atoms with E-state index < -0.39 is 12.0 Å². The quantitative estimate of drug-likeness (QED) is 0.415. The molecule has 0 aliphatic heterocycles. The van der Waals surface area contributed by atoms with Gasteiger partial charge in [-0.25, -0.2) is 4.79 Å². The SMILES string of the molecule is O=C(Cc1cccc2ccncc12)NC(Cc1c[nH]c2ccc(Br)cc12)C(=O)O. The van der Waals surface area contributed by atoms with Crippen LogP contribution in [0, 0.1) is 0 Å². The van der Waals surface area contributed by atoms with E-state index in [1.807, 2.05) is 42.5 Å². The first kappa shape index (κ1) is 19.1. The van der Waals surface area contributed by atoms with Crippen LogP contribution in [0.5, 0.6) is 0 Å². The number of hydrogen-bond donors (Lipinski definition) is 3. The van der Waals surface area contributed by atoms with Crippen LogP contribution in [0.1, 0.15) is 11.1 Å². The van der Waals surface area contributed by atoms with Gasteiger partial charge in [0, 0.05) is 45.8 Å². The molecule has 0 saturated heterocycles. The van der Waals surface area contributed by atoms with E-state index in [0.717, 1.165) is 37.3 Å². The Bertz CT molecular complexity index is 1210. The van der Waals surface area contributed by atoms with Gasteiger partial charge >= 0.3 is 5.97 Å². The van der Waals surface area contributed by atoms with Crippen LogP contribution in [0.15, 0.2) is 65.5 Å². The zero-order chi connectivity index (χ0) is 20.4. The minimum atomic E-state index is -1.07. The lowest BCUT2D eigenvalue weighted by Gasteiger charge is -2.15. The molecule has 0 aliphatic carbocycles. The maximum Gasteiger partial charge on any atom is 0.326 e. The molecule has 29 heavy (non-hydrogen) atoms. The number of carbonyl (C=O) groups is 2. The van der Waals surface area contributed by atoms with Crippen molar-refractivity contribution in [3.63, 3.8) is 0 Å². The minimum Gasteiger partial charge on any atom is -0.480 e. The zero-order valence-electron chi connectivity index (χ0n) is 15.4. The van der Waals surface area contributed by atoms with Crippen LogP contribution in [0.25, 0.3) is 21.7 Å². The third-order valence-electron chi connectivity index (χ3n) is 4.91. The van der Waals surface area contributed by atoms with Gasteiger partial charge in [-0.2, -0.15) is 0 Å². The lowest BCUT2D eigenvalue weighted by molar-refractivity contribution is -0.141. The van der Waals surface area contributed by atoms with Crippen molar-refractivity contribution in [2.45, 2.75) is 18.9 Å². The maximum absolute atomic E-state index is 12.6. The van der Waals surface area contributed by atoms with Crippen molar-refractivity contribution in [3.8, 4) is 0 Å². The van der Waals surface area contributed by atoms with Gasteiger partial charge in [0.1, 0.15) is 6.04 Å². The number of aliphatic carboxylic acids is 1. The largest absolute Gasteiger partial charge is 0.480 e. The number of carbonyl (C=O) groups excluding carboxylic acids is 1. The molecule has 4 aromatic rings. The molecule has 0 spiro atoms. The van der Waals surface area contributed by atoms with Crippen molar-refractivity contribution in [1.82, 2.24) is 15.3 Å². The van der Waals surface area contributed by atoms with Crippen molar-refractivity contribution in [3.05, 3.63) is 76.7 Å². The molecule has 3 N–H and O–H groups in total. The van der Waals surface area contributed by atoms with E-state index >= 15 is 0 Å². The Hall–Kier alpha value is -3.19. The van der Waals surface area contributed by atoms with Crippen molar-refractivity contribution in [2.75, 3.05) is 0 Å². The van der Waals surface area contributed by atoms with Crippen molar-refractivity contribution in [1.29, 1.82) is 0 Å². The molecule has 2 heterocycles. The summed E-state index contributed by atoms with van der Waals surface area (Å²) >= 11 is 3.44. The van der Waals surface area contributed by atoms with Gasteiger partial charge in [-0.1, -0.05) is 34.1 Å². The topological polar surface area (TPSA) is 95.1 Å². The standard InChI is InChI=1S/C22H18BrN3O3/c23-16-4-5-19-17(10-16)15(11-25-19)8-20(22(28)29)26-21(27)9-14-3-1-2-13-6-7-24-12-18(13)14/h1-7,10-12,20,25H,8-9H2,(H,26,27)(H,28,29). The van der Waals surface area contributed by atoms with Gasteiger partial charge in [0.2, 0.25) is 5.91 Å². The first-order valence-corrected chi connectivity index (χ1v) is 9.90. The molecular formula is C22H18BrN3O3. The predicted molar refractivity (Wildman–Crippen MR) is 115 cm³/mol. The fourth-order valence-electron chi connectivity index (χ4n) is 3.49. The van der Waals surface area contributed by atoms with Crippen molar-refractivity contribution >= 4 is 49.5 Å². The average molecular weight is 452 g/mol. The molecule has 0 fully saturated rings. The number of hydrogen-bond acceptors (Lipinski definition) is 3. The molecule has 1 atom stereocenters. The molecule has 0 aliphatic rings. The van der Waals surface area contributed by atoms with Gasteiger partial charge in [-0.15, -0.1) is 0 Å². The molecule has 2 aromatic carbocycles. The summed E-state index contributed by atoms with van der Waals surface area (Å²) < 4.78 is 0.909.